The molecule has 226 valence electrons. The number of nitriles is 1. The van der Waals surface area contributed by atoms with Crippen LogP contribution in [-0.4, -0.2) is 9.55 Å². The lowest BCUT2D eigenvalue weighted by Gasteiger charge is -2.24. The number of aromatic nitrogens is 2. The number of imidazole rings is 1. The van der Waals surface area contributed by atoms with Gasteiger partial charge >= 0.3 is 0 Å². The number of nitrogens with zero attached hydrogens (tertiary/aromatic N) is 3. The Morgan fingerprint density at radius 3 is 1.92 bits per heavy atom. The van der Waals surface area contributed by atoms with Crippen LogP contribution in [0.3, 0.4) is 0 Å². The third-order valence-corrected chi connectivity index (χ3v) is 10.5. The van der Waals surface area contributed by atoms with E-state index in [1.54, 1.807) is 0 Å². The van der Waals surface area contributed by atoms with Crippen molar-refractivity contribution in [3.05, 3.63) is 144 Å². The van der Waals surface area contributed by atoms with Crippen LogP contribution >= 0.6 is 0 Å². The van der Waals surface area contributed by atoms with Crippen molar-refractivity contribution in [2.45, 2.75) is 26.2 Å². The average Bonchev–Trinajstić information content (AvgIpc) is 3.57. The van der Waals surface area contributed by atoms with Crippen LogP contribution in [-0.2, 0) is 5.41 Å². The van der Waals surface area contributed by atoms with Gasteiger partial charge in [-0.25, -0.2) is 4.98 Å². The number of rotatable bonds is 2. The Labute approximate surface area is 278 Å². The van der Waals surface area contributed by atoms with Crippen molar-refractivity contribution in [3.8, 4) is 56.6 Å². The van der Waals surface area contributed by atoms with E-state index in [2.05, 4.69) is 128 Å². The number of hydrogen-bond acceptors (Lipinski definition) is 3. The normalized spacial score (nSPS) is 13.6. The van der Waals surface area contributed by atoms with Crippen molar-refractivity contribution in [3.63, 3.8) is 0 Å². The summed E-state index contributed by atoms with van der Waals surface area (Å²) >= 11 is 0. The predicted molar refractivity (Wildman–Crippen MR) is 194 cm³/mol. The molecule has 7 aromatic carbocycles. The maximum Gasteiger partial charge on any atom is 0.153 e. The highest BCUT2D eigenvalue weighted by Crippen LogP contribution is 2.52. The number of aryl methyl sites for hydroxylation is 1. The van der Waals surface area contributed by atoms with Crippen molar-refractivity contribution in [1.29, 1.82) is 5.26 Å². The van der Waals surface area contributed by atoms with Crippen LogP contribution in [0, 0.1) is 18.3 Å². The average molecular weight is 616 g/mol. The van der Waals surface area contributed by atoms with Crippen LogP contribution in [0.25, 0.3) is 71.6 Å². The number of para-hydroxylation sites is 1. The topological polar surface area (TPSA) is 50.8 Å². The lowest BCUT2D eigenvalue weighted by atomic mass is 9.80. The number of benzene rings is 7. The fourth-order valence-corrected chi connectivity index (χ4v) is 8.36. The largest absolute Gasteiger partial charge is 0.453 e. The minimum absolute atomic E-state index is 0.222. The van der Waals surface area contributed by atoms with Gasteiger partial charge in [-0.1, -0.05) is 92.7 Å². The molecule has 0 atom stereocenters. The van der Waals surface area contributed by atoms with E-state index in [1.807, 2.05) is 24.3 Å². The highest BCUT2D eigenvalue weighted by molar-refractivity contribution is 6.21. The molecular weight excluding hydrogens is 587 g/mol. The zero-order chi connectivity index (χ0) is 32.3. The van der Waals surface area contributed by atoms with Gasteiger partial charge in [0.05, 0.1) is 22.8 Å². The maximum atomic E-state index is 9.62. The van der Waals surface area contributed by atoms with Crippen molar-refractivity contribution < 1.29 is 4.74 Å². The molecule has 0 bridgehead atoms. The fraction of sp³-hybridized carbons (Fsp3) is 0.0909. The van der Waals surface area contributed by atoms with Gasteiger partial charge in [-0.3, -0.25) is 4.57 Å². The fourth-order valence-electron chi connectivity index (χ4n) is 8.36. The number of ether oxygens (including phenoxy) is 1. The first-order chi connectivity index (χ1) is 23.4. The van der Waals surface area contributed by atoms with Crippen molar-refractivity contribution in [1.82, 2.24) is 9.55 Å². The predicted octanol–water partition coefficient (Wildman–Crippen LogP) is 11.3. The second kappa shape index (κ2) is 9.44. The molecule has 10 rings (SSSR count). The molecule has 0 amide bonds. The summed E-state index contributed by atoms with van der Waals surface area (Å²) in [6, 6.07) is 45.6. The molecule has 0 saturated heterocycles. The van der Waals surface area contributed by atoms with Crippen LogP contribution in [0.15, 0.2) is 121 Å². The summed E-state index contributed by atoms with van der Waals surface area (Å²) in [7, 11) is 0. The van der Waals surface area contributed by atoms with E-state index >= 15 is 0 Å². The lowest BCUT2D eigenvalue weighted by Crippen LogP contribution is -2.15. The summed E-state index contributed by atoms with van der Waals surface area (Å²) in [5.41, 5.74) is 13.1. The Morgan fingerprint density at radius 1 is 0.646 bits per heavy atom. The zero-order valence-corrected chi connectivity index (χ0v) is 26.8. The SMILES string of the molecule is Cc1nc2cccc3c2n1-c1ccc(-c2c4ccccc4c(-c4ccc5c(c4)C(C)(C)c4cc(C#N)ccc4-5)c4ccccc24)cc1O3. The molecule has 0 radical (unpaired) electrons. The molecular formula is C44H29N3O. The van der Waals surface area contributed by atoms with Gasteiger partial charge in [-0.2, -0.15) is 5.26 Å². The Balaban J connectivity index is 1.20. The van der Waals surface area contributed by atoms with Gasteiger partial charge < -0.3 is 4.74 Å². The molecule has 2 aliphatic rings. The van der Waals surface area contributed by atoms with E-state index in [4.69, 9.17) is 9.72 Å². The molecule has 48 heavy (non-hydrogen) atoms. The Morgan fingerprint density at radius 2 is 1.25 bits per heavy atom. The van der Waals surface area contributed by atoms with Crippen LogP contribution in [0.1, 0.15) is 36.4 Å². The van der Waals surface area contributed by atoms with Crippen LogP contribution in [0.5, 0.6) is 11.5 Å². The van der Waals surface area contributed by atoms with E-state index in [1.165, 1.54) is 60.5 Å². The quantitative estimate of drug-likeness (QED) is 0.182. The smallest absolute Gasteiger partial charge is 0.153 e. The first-order valence-electron chi connectivity index (χ1n) is 16.4. The van der Waals surface area contributed by atoms with Gasteiger partial charge in [0.2, 0.25) is 0 Å². The molecule has 1 aromatic heterocycles. The van der Waals surface area contributed by atoms with Crippen LogP contribution in [0.2, 0.25) is 0 Å². The highest BCUT2D eigenvalue weighted by atomic mass is 16.5. The molecule has 0 fully saturated rings. The summed E-state index contributed by atoms with van der Waals surface area (Å²) < 4.78 is 8.78. The number of fused-ring (bicyclic) bond motifs is 7. The molecule has 4 nitrogen and oxygen atoms in total. The maximum absolute atomic E-state index is 9.62. The summed E-state index contributed by atoms with van der Waals surface area (Å²) in [4.78, 5) is 4.80. The highest BCUT2D eigenvalue weighted by Gasteiger charge is 2.36. The van der Waals surface area contributed by atoms with Gasteiger partial charge in [0, 0.05) is 5.41 Å². The molecule has 0 unspecified atom stereocenters. The molecule has 1 aliphatic carbocycles. The molecule has 1 aliphatic heterocycles. The van der Waals surface area contributed by atoms with E-state index in [-0.39, 0.29) is 5.41 Å². The van der Waals surface area contributed by atoms with Gasteiger partial charge in [-0.15, -0.1) is 0 Å². The van der Waals surface area contributed by atoms with E-state index in [0.717, 1.165) is 39.6 Å². The minimum atomic E-state index is -0.222. The first-order valence-corrected chi connectivity index (χ1v) is 16.4. The summed E-state index contributed by atoms with van der Waals surface area (Å²) in [5.74, 6) is 2.60. The van der Waals surface area contributed by atoms with E-state index < -0.39 is 0 Å². The molecule has 8 aromatic rings. The van der Waals surface area contributed by atoms with Crippen LogP contribution < -0.4 is 4.74 Å². The standard InChI is InChI=1S/C44H29N3O/c1-25-46-37-13-8-14-39-43(37)47(25)38-20-17-28(23-40(38)48-39)42-33-11-6-4-9-31(33)41(32-10-5-7-12-34(32)42)27-16-19-30-29-18-15-26(24-45)21-35(29)44(2,3)36(30)22-27/h4-23H,1-3H3. The lowest BCUT2D eigenvalue weighted by molar-refractivity contribution is 0.475. The number of hydrogen-bond donors (Lipinski definition) is 0. The van der Waals surface area contributed by atoms with Crippen LogP contribution in [0.4, 0.5) is 0 Å². The summed E-state index contributed by atoms with van der Waals surface area (Å²) in [6.45, 7) is 6.60. The molecule has 0 N–H and O–H groups in total. The summed E-state index contributed by atoms with van der Waals surface area (Å²) in [6.07, 6.45) is 0. The van der Waals surface area contributed by atoms with Gasteiger partial charge in [0.1, 0.15) is 11.3 Å². The second-order valence-electron chi connectivity index (χ2n) is 13.5. The zero-order valence-electron chi connectivity index (χ0n) is 26.8. The molecule has 0 saturated carbocycles. The van der Waals surface area contributed by atoms with Gasteiger partial charge in [0.25, 0.3) is 0 Å². The third-order valence-electron chi connectivity index (χ3n) is 10.5. The van der Waals surface area contributed by atoms with Gasteiger partial charge in [0.15, 0.2) is 11.5 Å². The molecule has 4 heteroatoms. The summed E-state index contributed by atoms with van der Waals surface area (Å²) in [5, 5.41) is 14.4. The van der Waals surface area contributed by atoms with E-state index in [0.29, 0.717) is 5.56 Å². The minimum Gasteiger partial charge on any atom is -0.453 e. The third kappa shape index (κ3) is 3.51. The van der Waals surface area contributed by atoms with Crippen molar-refractivity contribution >= 4 is 32.6 Å². The van der Waals surface area contributed by atoms with Gasteiger partial charge in [-0.05, 0) is 115 Å². The van der Waals surface area contributed by atoms with E-state index in [9.17, 15) is 5.26 Å². The molecule has 0 spiro atoms. The molecule has 2 heterocycles. The Kier molecular flexibility index (Phi) is 5.30. The second-order valence-corrected chi connectivity index (χ2v) is 13.5. The monoisotopic (exact) mass is 615 g/mol. The Bertz CT molecular complexity index is 2700. The van der Waals surface area contributed by atoms with Crippen molar-refractivity contribution in [2.75, 3.05) is 0 Å². The van der Waals surface area contributed by atoms with Crippen molar-refractivity contribution in [2.24, 2.45) is 0 Å². The first kappa shape index (κ1) is 27.0. The Hall–Kier alpha value is -6.18.